The van der Waals surface area contributed by atoms with Crippen LogP contribution in [0.2, 0.25) is 0 Å². The van der Waals surface area contributed by atoms with Crippen molar-refractivity contribution in [3.8, 4) is 5.75 Å². The first-order chi connectivity index (χ1) is 9.02. The second-order valence-electron chi connectivity index (χ2n) is 4.74. The van der Waals surface area contributed by atoms with E-state index in [4.69, 9.17) is 10.5 Å². The van der Waals surface area contributed by atoms with Crippen molar-refractivity contribution in [2.45, 2.75) is 20.8 Å². The van der Waals surface area contributed by atoms with Gasteiger partial charge in [-0.3, -0.25) is 4.79 Å². The summed E-state index contributed by atoms with van der Waals surface area (Å²) in [5.41, 5.74) is 7.19. The van der Waals surface area contributed by atoms with Gasteiger partial charge in [0.1, 0.15) is 5.75 Å². The minimum absolute atomic E-state index is 0.0246. The molecule has 0 aromatic heterocycles. The van der Waals surface area contributed by atoms with Crippen LogP contribution in [0.1, 0.15) is 20.8 Å². The second kappa shape index (κ2) is 7.51. The van der Waals surface area contributed by atoms with Crippen molar-refractivity contribution in [3.05, 3.63) is 18.2 Å². The smallest absolute Gasteiger partial charge is 0.239 e. The first-order valence-electron chi connectivity index (χ1n) is 6.55. The van der Waals surface area contributed by atoms with E-state index in [9.17, 15) is 4.79 Å². The van der Waals surface area contributed by atoms with E-state index < -0.39 is 0 Å². The molecular weight excluding hydrogens is 242 g/mol. The molecule has 0 heterocycles. The molecule has 19 heavy (non-hydrogen) atoms. The summed E-state index contributed by atoms with van der Waals surface area (Å²) in [5, 5.41) is 5.89. The standard InChI is InChI=1S/C14H23N3O2/c1-4-19-13-7-11(5-6-12(13)15)16-9-14(18)17-8-10(2)3/h5-7,10,16H,4,8-9,15H2,1-3H3,(H,17,18). The van der Waals surface area contributed by atoms with Crippen LogP contribution in [0, 0.1) is 5.92 Å². The topological polar surface area (TPSA) is 76.4 Å². The average molecular weight is 265 g/mol. The zero-order valence-electron chi connectivity index (χ0n) is 11.8. The first-order valence-corrected chi connectivity index (χ1v) is 6.55. The van der Waals surface area contributed by atoms with E-state index in [0.717, 1.165) is 5.69 Å². The lowest BCUT2D eigenvalue weighted by molar-refractivity contribution is -0.119. The number of anilines is 2. The molecule has 0 aliphatic heterocycles. The number of carbonyl (C=O) groups is 1. The summed E-state index contributed by atoms with van der Waals surface area (Å²) >= 11 is 0. The Kier molecular flexibility index (Phi) is 5.99. The van der Waals surface area contributed by atoms with Crippen molar-refractivity contribution in [1.82, 2.24) is 5.32 Å². The molecule has 0 saturated heterocycles. The summed E-state index contributed by atoms with van der Waals surface area (Å²) in [6.07, 6.45) is 0. The molecule has 1 aromatic carbocycles. The van der Waals surface area contributed by atoms with Crippen molar-refractivity contribution in [1.29, 1.82) is 0 Å². The zero-order valence-corrected chi connectivity index (χ0v) is 11.8. The molecule has 0 spiro atoms. The third-order valence-corrected chi connectivity index (χ3v) is 2.47. The fraction of sp³-hybridized carbons (Fsp3) is 0.500. The van der Waals surface area contributed by atoms with E-state index in [-0.39, 0.29) is 12.5 Å². The van der Waals surface area contributed by atoms with Crippen LogP contribution in [0.25, 0.3) is 0 Å². The lowest BCUT2D eigenvalue weighted by atomic mass is 10.2. The second-order valence-corrected chi connectivity index (χ2v) is 4.74. The highest BCUT2D eigenvalue weighted by molar-refractivity contribution is 5.81. The highest BCUT2D eigenvalue weighted by Crippen LogP contribution is 2.25. The molecule has 0 unspecified atom stereocenters. The number of hydrogen-bond acceptors (Lipinski definition) is 4. The van der Waals surface area contributed by atoms with E-state index in [2.05, 4.69) is 24.5 Å². The summed E-state index contributed by atoms with van der Waals surface area (Å²) in [6.45, 7) is 7.50. The predicted octanol–water partition coefficient (Wildman–Crippen LogP) is 1.85. The molecule has 0 saturated carbocycles. The lowest BCUT2D eigenvalue weighted by Crippen LogP contribution is -2.32. The van der Waals surface area contributed by atoms with Gasteiger partial charge in [-0.25, -0.2) is 0 Å². The Labute approximate surface area is 114 Å². The molecule has 0 atom stereocenters. The Morgan fingerprint density at radius 1 is 1.42 bits per heavy atom. The molecule has 106 valence electrons. The van der Waals surface area contributed by atoms with Gasteiger partial charge < -0.3 is 21.1 Å². The Morgan fingerprint density at radius 3 is 2.79 bits per heavy atom. The van der Waals surface area contributed by atoms with Gasteiger partial charge in [0.2, 0.25) is 5.91 Å². The minimum Gasteiger partial charge on any atom is -0.492 e. The van der Waals surface area contributed by atoms with Gasteiger partial charge in [0.25, 0.3) is 0 Å². The van der Waals surface area contributed by atoms with Gasteiger partial charge in [0.05, 0.1) is 18.8 Å². The molecule has 0 fully saturated rings. The van der Waals surface area contributed by atoms with Crippen molar-refractivity contribution in [2.24, 2.45) is 5.92 Å². The third kappa shape index (κ3) is 5.50. The largest absolute Gasteiger partial charge is 0.492 e. The summed E-state index contributed by atoms with van der Waals surface area (Å²) in [4.78, 5) is 11.6. The van der Waals surface area contributed by atoms with Gasteiger partial charge >= 0.3 is 0 Å². The van der Waals surface area contributed by atoms with Crippen LogP contribution in [0.5, 0.6) is 5.75 Å². The number of amides is 1. The highest BCUT2D eigenvalue weighted by Gasteiger charge is 2.04. The van der Waals surface area contributed by atoms with E-state index >= 15 is 0 Å². The monoisotopic (exact) mass is 265 g/mol. The maximum absolute atomic E-state index is 11.6. The molecule has 0 bridgehead atoms. The van der Waals surface area contributed by atoms with Crippen LogP contribution >= 0.6 is 0 Å². The number of carbonyl (C=O) groups excluding carboxylic acids is 1. The lowest BCUT2D eigenvalue weighted by Gasteiger charge is -2.12. The molecule has 0 radical (unpaired) electrons. The van der Waals surface area contributed by atoms with Crippen LogP contribution in [0.3, 0.4) is 0 Å². The van der Waals surface area contributed by atoms with E-state index in [1.54, 1.807) is 12.1 Å². The Hall–Kier alpha value is -1.91. The van der Waals surface area contributed by atoms with E-state index in [1.165, 1.54) is 0 Å². The highest BCUT2D eigenvalue weighted by atomic mass is 16.5. The molecule has 5 nitrogen and oxygen atoms in total. The van der Waals surface area contributed by atoms with Gasteiger partial charge in [0.15, 0.2) is 0 Å². The van der Waals surface area contributed by atoms with Crippen molar-refractivity contribution in [2.75, 3.05) is 30.7 Å². The van der Waals surface area contributed by atoms with Crippen LogP contribution in [-0.2, 0) is 4.79 Å². The fourth-order valence-corrected chi connectivity index (χ4v) is 1.49. The molecule has 0 aliphatic carbocycles. The maximum atomic E-state index is 11.6. The quantitative estimate of drug-likeness (QED) is 0.658. The summed E-state index contributed by atoms with van der Waals surface area (Å²) < 4.78 is 5.40. The molecule has 1 aromatic rings. The minimum atomic E-state index is -0.0246. The predicted molar refractivity (Wildman–Crippen MR) is 78.4 cm³/mol. The number of nitrogens with two attached hydrogens (primary N) is 1. The summed E-state index contributed by atoms with van der Waals surface area (Å²) in [7, 11) is 0. The van der Waals surface area contributed by atoms with Gasteiger partial charge in [-0.2, -0.15) is 0 Å². The fourth-order valence-electron chi connectivity index (χ4n) is 1.49. The number of ether oxygens (including phenoxy) is 1. The molecular formula is C14H23N3O2. The molecule has 1 rings (SSSR count). The van der Waals surface area contributed by atoms with Crippen LogP contribution in [0.15, 0.2) is 18.2 Å². The average Bonchev–Trinajstić information content (AvgIpc) is 2.37. The molecule has 5 heteroatoms. The molecule has 4 N–H and O–H groups in total. The van der Waals surface area contributed by atoms with Gasteiger partial charge in [0, 0.05) is 18.3 Å². The SMILES string of the molecule is CCOc1cc(NCC(=O)NCC(C)C)ccc1N. The maximum Gasteiger partial charge on any atom is 0.239 e. The third-order valence-electron chi connectivity index (χ3n) is 2.47. The van der Waals surface area contributed by atoms with Crippen molar-refractivity contribution in [3.63, 3.8) is 0 Å². The van der Waals surface area contributed by atoms with Crippen LogP contribution in [-0.4, -0.2) is 25.6 Å². The van der Waals surface area contributed by atoms with E-state index in [1.807, 2.05) is 13.0 Å². The summed E-state index contributed by atoms with van der Waals surface area (Å²) in [6, 6.07) is 5.39. The number of nitrogen functional groups attached to an aromatic ring is 1. The number of hydrogen-bond donors (Lipinski definition) is 3. The Bertz CT molecular complexity index is 419. The van der Waals surface area contributed by atoms with Crippen LogP contribution < -0.4 is 21.1 Å². The van der Waals surface area contributed by atoms with E-state index in [0.29, 0.717) is 30.5 Å². The number of rotatable bonds is 7. The van der Waals surface area contributed by atoms with Crippen molar-refractivity contribution < 1.29 is 9.53 Å². The zero-order chi connectivity index (χ0) is 14.3. The van der Waals surface area contributed by atoms with Gasteiger partial charge in [-0.1, -0.05) is 13.8 Å². The number of benzene rings is 1. The van der Waals surface area contributed by atoms with Gasteiger partial charge in [-0.15, -0.1) is 0 Å². The normalized spacial score (nSPS) is 10.3. The first kappa shape index (κ1) is 15.1. The molecule has 0 aliphatic rings. The van der Waals surface area contributed by atoms with Crippen LogP contribution in [0.4, 0.5) is 11.4 Å². The Morgan fingerprint density at radius 2 is 2.16 bits per heavy atom. The number of nitrogens with one attached hydrogen (secondary N) is 2. The molecule has 1 amide bonds. The summed E-state index contributed by atoms with van der Waals surface area (Å²) in [5.74, 6) is 1.06. The van der Waals surface area contributed by atoms with Crippen molar-refractivity contribution >= 4 is 17.3 Å². The van der Waals surface area contributed by atoms with Gasteiger partial charge in [-0.05, 0) is 25.0 Å². The Balaban J connectivity index is 2.49.